The Hall–Kier alpha value is 0.210. The zero-order valence-corrected chi connectivity index (χ0v) is 9.76. The van der Waals surface area contributed by atoms with Crippen LogP contribution in [-0.2, 0) is 9.47 Å². The van der Waals surface area contributed by atoms with Crippen LogP contribution in [0.15, 0.2) is 0 Å². The summed E-state index contributed by atoms with van der Waals surface area (Å²) in [5.41, 5.74) is 0. The molecule has 2 atom stereocenters. The summed E-state index contributed by atoms with van der Waals surface area (Å²) in [4.78, 5) is 0. The summed E-state index contributed by atoms with van der Waals surface area (Å²) < 4.78 is 10.4. The number of methoxy groups -OCH3 is 1. The van der Waals surface area contributed by atoms with Crippen LogP contribution < -0.4 is 0 Å². The third-order valence-electron chi connectivity index (χ3n) is 2.84. The third-order valence-corrected chi connectivity index (χ3v) is 3.41. The SMILES string of the molecule is COCCCOCCC1CCCC1Cl. The minimum Gasteiger partial charge on any atom is -0.385 e. The lowest BCUT2D eigenvalue weighted by atomic mass is 10.0. The highest BCUT2D eigenvalue weighted by atomic mass is 35.5. The van der Waals surface area contributed by atoms with Gasteiger partial charge < -0.3 is 9.47 Å². The lowest BCUT2D eigenvalue weighted by Crippen LogP contribution is -2.11. The van der Waals surface area contributed by atoms with Crippen molar-refractivity contribution in [1.82, 2.24) is 0 Å². The highest BCUT2D eigenvalue weighted by molar-refractivity contribution is 6.20. The molecule has 1 saturated carbocycles. The van der Waals surface area contributed by atoms with E-state index in [1.165, 1.54) is 19.3 Å². The van der Waals surface area contributed by atoms with Crippen molar-refractivity contribution in [2.45, 2.75) is 37.5 Å². The average Bonchev–Trinajstić information content (AvgIpc) is 2.58. The minimum absolute atomic E-state index is 0.401. The summed E-state index contributed by atoms with van der Waals surface area (Å²) in [6.45, 7) is 2.46. The first-order chi connectivity index (χ1) is 6.84. The summed E-state index contributed by atoms with van der Waals surface area (Å²) in [5, 5.41) is 0.401. The average molecular weight is 221 g/mol. The van der Waals surface area contributed by atoms with Crippen LogP contribution in [0.4, 0.5) is 0 Å². The maximum atomic E-state index is 6.17. The van der Waals surface area contributed by atoms with Crippen molar-refractivity contribution < 1.29 is 9.47 Å². The molecular weight excluding hydrogens is 200 g/mol. The van der Waals surface area contributed by atoms with E-state index < -0.39 is 0 Å². The number of alkyl halides is 1. The van der Waals surface area contributed by atoms with Gasteiger partial charge in [0.05, 0.1) is 0 Å². The highest BCUT2D eigenvalue weighted by Gasteiger charge is 2.24. The van der Waals surface area contributed by atoms with Crippen LogP contribution in [0.1, 0.15) is 32.1 Å². The lowest BCUT2D eigenvalue weighted by Gasteiger charge is -2.13. The van der Waals surface area contributed by atoms with E-state index in [1.54, 1.807) is 7.11 Å². The molecule has 0 saturated heterocycles. The van der Waals surface area contributed by atoms with Gasteiger partial charge in [-0.3, -0.25) is 0 Å². The molecule has 2 nitrogen and oxygen atoms in total. The van der Waals surface area contributed by atoms with Crippen molar-refractivity contribution in [3.05, 3.63) is 0 Å². The van der Waals surface area contributed by atoms with Crippen LogP contribution in [0.2, 0.25) is 0 Å². The Kier molecular flexibility index (Phi) is 6.57. The van der Waals surface area contributed by atoms with Crippen LogP contribution in [-0.4, -0.2) is 32.3 Å². The maximum absolute atomic E-state index is 6.17. The lowest BCUT2D eigenvalue weighted by molar-refractivity contribution is 0.0943. The molecule has 0 amide bonds. The molecule has 0 heterocycles. The first kappa shape index (κ1) is 12.3. The Bertz CT molecular complexity index is 141. The van der Waals surface area contributed by atoms with Gasteiger partial charge in [-0.1, -0.05) is 6.42 Å². The summed E-state index contributed by atoms with van der Waals surface area (Å²) in [6, 6.07) is 0. The molecule has 1 fully saturated rings. The van der Waals surface area contributed by atoms with Gasteiger partial charge in [-0.2, -0.15) is 0 Å². The molecule has 2 unspecified atom stereocenters. The van der Waals surface area contributed by atoms with E-state index in [4.69, 9.17) is 21.1 Å². The minimum atomic E-state index is 0.401. The Labute approximate surface area is 91.9 Å². The smallest absolute Gasteiger partial charge is 0.0487 e. The molecule has 14 heavy (non-hydrogen) atoms. The van der Waals surface area contributed by atoms with Crippen LogP contribution in [0.25, 0.3) is 0 Å². The molecule has 0 radical (unpaired) electrons. The maximum Gasteiger partial charge on any atom is 0.0487 e. The van der Waals surface area contributed by atoms with Crippen molar-refractivity contribution in [3.8, 4) is 0 Å². The zero-order chi connectivity index (χ0) is 10.2. The fourth-order valence-corrected chi connectivity index (χ4v) is 2.37. The molecule has 0 aromatic rings. The molecule has 0 aromatic heterocycles. The van der Waals surface area contributed by atoms with Crippen LogP contribution in [0.5, 0.6) is 0 Å². The molecule has 84 valence electrons. The Morgan fingerprint density at radius 1 is 1.21 bits per heavy atom. The standard InChI is InChI=1S/C11H21ClO2/c1-13-7-3-8-14-9-6-10-4-2-5-11(10)12/h10-11H,2-9H2,1H3. The van der Waals surface area contributed by atoms with Gasteiger partial charge in [0.2, 0.25) is 0 Å². The quantitative estimate of drug-likeness (QED) is 0.485. The summed E-state index contributed by atoms with van der Waals surface area (Å²) in [6.07, 6.45) is 5.89. The van der Waals surface area contributed by atoms with Crippen LogP contribution >= 0.6 is 11.6 Å². The summed E-state index contributed by atoms with van der Waals surface area (Å²) >= 11 is 6.17. The second-order valence-electron chi connectivity index (χ2n) is 3.95. The third kappa shape index (κ3) is 4.63. The summed E-state index contributed by atoms with van der Waals surface area (Å²) in [7, 11) is 1.72. The largest absolute Gasteiger partial charge is 0.385 e. The van der Waals surface area contributed by atoms with Crippen molar-refractivity contribution in [2.75, 3.05) is 26.9 Å². The van der Waals surface area contributed by atoms with Crippen LogP contribution in [0, 0.1) is 5.92 Å². The normalized spacial score (nSPS) is 27.0. The van der Waals surface area contributed by atoms with E-state index in [0.717, 1.165) is 32.7 Å². The Morgan fingerprint density at radius 3 is 2.71 bits per heavy atom. The fourth-order valence-electron chi connectivity index (χ4n) is 1.96. The number of rotatable bonds is 7. The molecule has 0 spiro atoms. The predicted octanol–water partition coefficient (Wildman–Crippen LogP) is 2.84. The Balaban J connectivity index is 1.88. The number of hydrogen-bond acceptors (Lipinski definition) is 2. The number of hydrogen-bond donors (Lipinski definition) is 0. The second kappa shape index (κ2) is 7.49. The topological polar surface area (TPSA) is 18.5 Å². The van der Waals surface area contributed by atoms with E-state index in [-0.39, 0.29) is 0 Å². The molecule has 0 bridgehead atoms. The molecule has 3 heteroatoms. The van der Waals surface area contributed by atoms with Crippen molar-refractivity contribution in [1.29, 1.82) is 0 Å². The van der Waals surface area contributed by atoms with E-state index in [1.807, 2.05) is 0 Å². The molecule has 0 aromatic carbocycles. The summed E-state index contributed by atoms with van der Waals surface area (Å²) in [5.74, 6) is 0.694. The highest BCUT2D eigenvalue weighted by Crippen LogP contribution is 2.32. The molecule has 1 rings (SSSR count). The first-order valence-electron chi connectivity index (χ1n) is 5.55. The van der Waals surface area contributed by atoms with Gasteiger partial charge in [0.1, 0.15) is 0 Å². The number of halogens is 1. The van der Waals surface area contributed by atoms with E-state index in [2.05, 4.69) is 0 Å². The van der Waals surface area contributed by atoms with Gasteiger partial charge in [-0.05, 0) is 31.6 Å². The van der Waals surface area contributed by atoms with Crippen LogP contribution in [0.3, 0.4) is 0 Å². The monoisotopic (exact) mass is 220 g/mol. The predicted molar refractivity (Wildman–Crippen MR) is 58.9 cm³/mol. The van der Waals surface area contributed by atoms with Crippen molar-refractivity contribution in [2.24, 2.45) is 5.92 Å². The molecule has 0 aliphatic heterocycles. The van der Waals surface area contributed by atoms with Crippen molar-refractivity contribution >= 4 is 11.6 Å². The first-order valence-corrected chi connectivity index (χ1v) is 5.99. The Morgan fingerprint density at radius 2 is 2.07 bits per heavy atom. The second-order valence-corrected chi connectivity index (χ2v) is 4.51. The van der Waals surface area contributed by atoms with Gasteiger partial charge in [-0.15, -0.1) is 11.6 Å². The van der Waals surface area contributed by atoms with Gasteiger partial charge in [-0.25, -0.2) is 0 Å². The fraction of sp³-hybridized carbons (Fsp3) is 1.00. The number of ether oxygens (including phenoxy) is 2. The van der Waals surface area contributed by atoms with Gasteiger partial charge >= 0.3 is 0 Å². The van der Waals surface area contributed by atoms with Gasteiger partial charge in [0, 0.05) is 32.3 Å². The molecular formula is C11H21ClO2. The van der Waals surface area contributed by atoms with E-state index >= 15 is 0 Å². The van der Waals surface area contributed by atoms with E-state index in [9.17, 15) is 0 Å². The van der Waals surface area contributed by atoms with Gasteiger partial charge in [0.25, 0.3) is 0 Å². The van der Waals surface area contributed by atoms with E-state index in [0.29, 0.717) is 11.3 Å². The molecule has 1 aliphatic rings. The van der Waals surface area contributed by atoms with Gasteiger partial charge in [0.15, 0.2) is 0 Å². The zero-order valence-electron chi connectivity index (χ0n) is 9.01. The molecule has 0 N–H and O–H groups in total. The van der Waals surface area contributed by atoms with Crippen molar-refractivity contribution in [3.63, 3.8) is 0 Å². The molecule has 1 aliphatic carbocycles.